The van der Waals surface area contributed by atoms with Crippen LogP contribution in [0.5, 0.6) is 0 Å². The van der Waals surface area contributed by atoms with Gasteiger partial charge in [0, 0.05) is 36.3 Å². The van der Waals surface area contributed by atoms with Crippen molar-refractivity contribution in [3.63, 3.8) is 0 Å². The Morgan fingerprint density at radius 2 is 1.88 bits per heavy atom. The van der Waals surface area contributed by atoms with Gasteiger partial charge in [-0.2, -0.15) is 0 Å². The van der Waals surface area contributed by atoms with E-state index < -0.39 is 0 Å². The van der Waals surface area contributed by atoms with E-state index in [1.165, 1.54) is 25.9 Å². The molecule has 2 aliphatic heterocycles. The van der Waals surface area contributed by atoms with Gasteiger partial charge in [-0.15, -0.1) is 0 Å². The fourth-order valence-corrected chi connectivity index (χ4v) is 3.81. The van der Waals surface area contributed by atoms with E-state index in [9.17, 15) is 0 Å². The predicted molar refractivity (Wildman–Crippen MR) is 69.7 cm³/mol. The normalized spacial score (nSPS) is 37.3. The highest BCUT2D eigenvalue weighted by Gasteiger charge is 2.50. The molecule has 2 atom stereocenters. The standard InChI is InChI=1S/C14H28N2/c1-11(2)16-12-7-8-14(16,6)10-15(9-12)13(3,4)5/h11-12H,7-10H2,1-6H3. The van der Waals surface area contributed by atoms with Crippen LogP contribution in [0.3, 0.4) is 0 Å². The van der Waals surface area contributed by atoms with Crippen molar-refractivity contribution in [3.8, 4) is 0 Å². The number of likely N-dealkylation sites (tertiary alicyclic amines) is 1. The topological polar surface area (TPSA) is 6.48 Å². The van der Waals surface area contributed by atoms with Crippen LogP contribution in [0.25, 0.3) is 0 Å². The second-order valence-electron chi connectivity index (χ2n) is 7.24. The van der Waals surface area contributed by atoms with Gasteiger partial charge in [0.05, 0.1) is 0 Å². The minimum Gasteiger partial charge on any atom is -0.295 e. The van der Waals surface area contributed by atoms with Gasteiger partial charge in [0.25, 0.3) is 0 Å². The number of piperazine rings is 1. The fraction of sp³-hybridized carbons (Fsp3) is 1.00. The summed E-state index contributed by atoms with van der Waals surface area (Å²) in [7, 11) is 0. The van der Waals surface area contributed by atoms with E-state index >= 15 is 0 Å². The summed E-state index contributed by atoms with van der Waals surface area (Å²) in [6.45, 7) is 16.7. The summed E-state index contributed by atoms with van der Waals surface area (Å²) in [6, 6.07) is 1.48. The Balaban J connectivity index is 2.20. The number of hydrogen-bond acceptors (Lipinski definition) is 2. The lowest BCUT2D eigenvalue weighted by Gasteiger charge is -2.53. The van der Waals surface area contributed by atoms with Crippen LogP contribution >= 0.6 is 0 Å². The summed E-state index contributed by atoms with van der Waals surface area (Å²) in [5, 5.41) is 0. The molecule has 0 aromatic rings. The third-order valence-electron chi connectivity index (χ3n) is 4.50. The summed E-state index contributed by atoms with van der Waals surface area (Å²) in [5.74, 6) is 0. The lowest BCUT2D eigenvalue weighted by atomic mass is 9.93. The first-order valence-electron chi connectivity index (χ1n) is 6.77. The van der Waals surface area contributed by atoms with Gasteiger partial charge >= 0.3 is 0 Å². The molecule has 2 unspecified atom stereocenters. The molecule has 0 aliphatic carbocycles. The van der Waals surface area contributed by atoms with Crippen molar-refractivity contribution in [1.29, 1.82) is 0 Å². The quantitative estimate of drug-likeness (QED) is 0.676. The van der Waals surface area contributed by atoms with Gasteiger partial charge in [0.2, 0.25) is 0 Å². The van der Waals surface area contributed by atoms with Crippen molar-refractivity contribution < 1.29 is 0 Å². The van der Waals surface area contributed by atoms with E-state index in [0.29, 0.717) is 17.1 Å². The first-order chi connectivity index (χ1) is 7.24. The second-order valence-corrected chi connectivity index (χ2v) is 7.24. The van der Waals surface area contributed by atoms with Crippen LogP contribution in [0, 0.1) is 0 Å². The van der Waals surface area contributed by atoms with Gasteiger partial charge < -0.3 is 0 Å². The zero-order chi connectivity index (χ0) is 12.1. The van der Waals surface area contributed by atoms with E-state index in [1.54, 1.807) is 0 Å². The van der Waals surface area contributed by atoms with E-state index in [0.717, 1.165) is 6.04 Å². The molecule has 2 heteroatoms. The lowest BCUT2D eigenvalue weighted by Crippen LogP contribution is -2.65. The van der Waals surface area contributed by atoms with E-state index in [-0.39, 0.29) is 0 Å². The first kappa shape index (κ1) is 12.4. The number of nitrogens with zero attached hydrogens (tertiary/aromatic N) is 2. The molecule has 2 bridgehead atoms. The molecule has 16 heavy (non-hydrogen) atoms. The van der Waals surface area contributed by atoms with Gasteiger partial charge in [-0.3, -0.25) is 9.80 Å². The Morgan fingerprint density at radius 3 is 2.31 bits per heavy atom. The summed E-state index contributed by atoms with van der Waals surface area (Å²) in [4.78, 5) is 5.46. The molecule has 0 aromatic carbocycles. The fourth-order valence-electron chi connectivity index (χ4n) is 3.81. The summed E-state index contributed by atoms with van der Waals surface area (Å²) < 4.78 is 0. The zero-order valence-electron chi connectivity index (χ0n) is 11.9. The number of rotatable bonds is 1. The first-order valence-corrected chi connectivity index (χ1v) is 6.77. The van der Waals surface area contributed by atoms with Crippen molar-refractivity contribution in [1.82, 2.24) is 9.80 Å². The Morgan fingerprint density at radius 1 is 1.25 bits per heavy atom. The van der Waals surface area contributed by atoms with Gasteiger partial charge in [-0.05, 0) is 54.4 Å². The zero-order valence-corrected chi connectivity index (χ0v) is 11.9. The monoisotopic (exact) mass is 224 g/mol. The maximum Gasteiger partial charge on any atom is 0.0315 e. The van der Waals surface area contributed by atoms with Crippen molar-refractivity contribution in [2.45, 2.75) is 77.5 Å². The molecule has 0 radical (unpaired) electrons. The molecule has 2 nitrogen and oxygen atoms in total. The predicted octanol–water partition coefficient (Wildman–Crippen LogP) is 2.73. The lowest BCUT2D eigenvalue weighted by molar-refractivity contribution is -0.0439. The average molecular weight is 224 g/mol. The van der Waals surface area contributed by atoms with Gasteiger partial charge in [-0.1, -0.05) is 0 Å². The molecule has 0 N–H and O–H groups in total. The minimum absolute atomic E-state index is 0.326. The Kier molecular flexibility index (Phi) is 2.87. The molecule has 0 saturated carbocycles. The molecule has 0 amide bonds. The molecule has 2 rings (SSSR count). The molecule has 2 aliphatic rings. The highest BCUT2D eigenvalue weighted by atomic mass is 15.4. The highest BCUT2D eigenvalue weighted by Crippen LogP contribution is 2.41. The third-order valence-corrected chi connectivity index (χ3v) is 4.50. The van der Waals surface area contributed by atoms with E-state index in [4.69, 9.17) is 0 Å². The Hall–Kier alpha value is -0.0800. The molecule has 2 heterocycles. The van der Waals surface area contributed by atoms with Crippen LogP contribution in [-0.2, 0) is 0 Å². The largest absolute Gasteiger partial charge is 0.295 e. The SMILES string of the molecule is CC(C)N1C2CCC1(C)CN(C(C)(C)C)C2. The average Bonchev–Trinajstić information content (AvgIpc) is 2.31. The van der Waals surface area contributed by atoms with E-state index in [2.05, 4.69) is 51.3 Å². The van der Waals surface area contributed by atoms with E-state index in [1.807, 2.05) is 0 Å². The van der Waals surface area contributed by atoms with Crippen molar-refractivity contribution in [2.75, 3.05) is 13.1 Å². The van der Waals surface area contributed by atoms with Crippen LogP contribution in [0.4, 0.5) is 0 Å². The Labute approximate surface area is 101 Å². The van der Waals surface area contributed by atoms with Crippen molar-refractivity contribution in [3.05, 3.63) is 0 Å². The number of hydrogen-bond donors (Lipinski definition) is 0. The molecular formula is C14H28N2. The van der Waals surface area contributed by atoms with Gasteiger partial charge in [-0.25, -0.2) is 0 Å². The molecule has 0 aromatic heterocycles. The Bertz CT molecular complexity index is 266. The smallest absolute Gasteiger partial charge is 0.0315 e. The molecule has 94 valence electrons. The van der Waals surface area contributed by atoms with Gasteiger partial charge in [0.1, 0.15) is 0 Å². The van der Waals surface area contributed by atoms with Crippen LogP contribution < -0.4 is 0 Å². The van der Waals surface area contributed by atoms with Crippen LogP contribution in [-0.4, -0.2) is 46.1 Å². The molecule has 2 fully saturated rings. The molecular weight excluding hydrogens is 196 g/mol. The summed E-state index contributed by atoms with van der Waals surface area (Å²) >= 11 is 0. The second kappa shape index (κ2) is 3.71. The molecule has 2 saturated heterocycles. The summed E-state index contributed by atoms with van der Waals surface area (Å²) in [5.41, 5.74) is 0.747. The number of fused-ring (bicyclic) bond motifs is 2. The van der Waals surface area contributed by atoms with Gasteiger partial charge in [0.15, 0.2) is 0 Å². The van der Waals surface area contributed by atoms with Crippen LogP contribution in [0.1, 0.15) is 54.4 Å². The third kappa shape index (κ3) is 1.91. The van der Waals surface area contributed by atoms with Crippen LogP contribution in [0.15, 0.2) is 0 Å². The maximum atomic E-state index is 2.77. The molecule has 0 spiro atoms. The minimum atomic E-state index is 0.326. The summed E-state index contributed by atoms with van der Waals surface area (Å²) in [6.07, 6.45) is 2.77. The van der Waals surface area contributed by atoms with Crippen molar-refractivity contribution >= 4 is 0 Å². The maximum absolute atomic E-state index is 2.77. The van der Waals surface area contributed by atoms with Crippen LogP contribution in [0.2, 0.25) is 0 Å². The highest BCUT2D eigenvalue weighted by molar-refractivity contribution is 5.07. The van der Waals surface area contributed by atoms with Crippen molar-refractivity contribution in [2.24, 2.45) is 0 Å².